The minimum atomic E-state index is -2.55. The van der Waals surface area contributed by atoms with E-state index in [1.165, 1.54) is 0 Å². The van der Waals surface area contributed by atoms with E-state index in [0.29, 0.717) is 12.8 Å². The number of aliphatic hydroxyl groups is 5. The molecule has 2 rings (SSSR count). The van der Waals surface area contributed by atoms with E-state index in [9.17, 15) is 30.3 Å². The minimum Gasteiger partial charge on any atom is -0.394 e. The third-order valence-electron chi connectivity index (χ3n) is 6.25. The van der Waals surface area contributed by atoms with Crippen LogP contribution in [0, 0.1) is 5.92 Å². The van der Waals surface area contributed by atoms with Gasteiger partial charge in [-0.05, 0) is 25.2 Å². The van der Waals surface area contributed by atoms with E-state index in [1.807, 2.05) is 6.92 Å². The molecule has 0 aromatic heterocycles. The standard InChI is InChI=1S/C20H37ClN2O7/c1-2-3-9-19(28)17(26)20(29,16(25)15(13-24)30-19)23(18(27)22-11-10-21)12-14-7-5-4-6-8-14/h14-17,24-26,28-29H,2-13H2,1H3,(H,22,27)/t15-,16-,17+,19+,20+/m1/s1. The summed E-state index contributed by atoms with van der Waals surface area (Å²) in [4.78, 5) is 14.0. The highest BCUT2D eigenvalue weighted by Crippen LogP contribution is 2.41. The number of amides is 2. The molecule has 0 radical (unpaired) electrons. The van der Waals surface area contributed by atoms with Gasteiger partial charge in [0.05, 0.1) is 6.61 Å². The van der Waals surface area contributed by atoms with Gasteiger partial charge in [-0.3, -0.25) is 4.90 Å². The fourth-order valence-corrected chi connectivity index (χ4v) is 4.59. The molecule has 0 unspecified atom stereocenters. The Morgan fingerprint density at radius 2 is 1.90 bits per heavy atom. The highest BCUT2D eigenvalue weighted by Gasteiger charge is 2.64. The maximum atomic E-state index is 13.0. The van der Waals surface area contributed by atoms with Crippen molar-refractivity contribution in [1.29, 1.82) is 0 Å². The monoisotopic (exact) mass is 452 g/mol. The Kier molecular flexibility index (Phi) is 9.60. The third-order valence-corrected chi connectivity index (χ3v) is 6.44. The second-order valence-corrected chi connectivity index (χ2v) is 8.83. The van der Waals surface area contributed by atoms with Crippen LogP contribution in [0.25, 0.3) is 0 Å². The maximum absolute atomic E-state index is 13.0. The summed E-state index contributed by atoms with van der Waals surface area (Å²) in [7, 11) is 0. The number of alkyl halides is 1. The highest BCUT2D eigenvalue weighted by molar-refractivity contribution is 6.18. The first kappa shape index (κ1) is 25.6. The molecule has 176 valence electrons. The van der Waals surface area contributed by atoms with Gasteiger partial charge < -0.3 is 35.6 Å². The average molecular weight is 453 g/mol. The second-order valence-electron chi connectivity index (χ2n) is 8.45. The van der Waals surface area contributed by atoms with Crippen LogP contribution in [0.5, 0.6) is 0 Å². The third kappa shape index (κ3) is 5.38. The van der Waals surface area contributed by atoms with Crippen molar-refractivity contribution in [3.63, 3.8) is 0 Å². The summed E-state index contributed by atoms with van der Waals surface area (Å²) in [5.74, 6) is -2.01. The molecule has 6 N–H and O–H groups in total. The lowest BCUT2D eigenvalue weighted by atomic mass is 9.81. The van der Waals surface area contributed by atoms with Crippen LogP contribution in [-0.2, 0) is 4.74 Å². The Hall–Kier alpha value is -0.680. The predicted molar refractivity (Wildman–Crippen MR) is 111 cm³/mol. The van der Waals surface area contributed by atoms with Crippen molar-refractivity contribution in [1.82, 2.24) is 10.2 Å². The molecule has 30 heavy (non-hydrogen) atoms. The summed E-state index contributed by atoms with van der Waals surface area (Å²) >= 11 is 5.68. The second kappa shape index (κ2) is 11.3. The Labute approximate surface area is 183 Å². The number of rotatable bonds is 9. The fourth-order valence-electron chi connectivity index (χ4n) is 4.50. The largest absolute Gasteiger partial charge is 0.394 e. The Morgan fingerprint density at radius 3 is 2.47 bits per heavy atom. The van der Waals surface area contributed by atoms with Gasteiger partial charge >= 0.3 is 6.03 Å². The zero-order valence-electron chi connectivity index (χ0n) is 17.7. The van der Waals surface area contributed by atoms with Crippen LogP contribution < -0.4 is 5.32 Å². The van der Waals surface area contributed by atoms with E-state index < -0.39 is 42.5 Å². The molecule has 2 aliphatic rings. The molecule has 1 heterocycles. The van der Waals surface area contributed by atoms with Crippen LogP contribution >= 0.6 is 11.6 Å². The molecule has 0 bridgehead atoms. The van der Waals surface area contributed by atoms with Crippen molar-refractivity contribution >= 4 is 17.6 Å². The molecule has 5 atom stereocenters. The van der Waals surface area contributed by atoms with Crippen LogP contribution in [0.3, 0.4) is 0 Å². The van der Waals surface area contributed by atoms with E-state index in [-0.39, 0.29) is 31.3 Å². The normalized spacial score (nSPS) is 35.2. The zero-order valence-corrected chi connectivity index (χ0v) is 18.4. The lowest BCUT2D eigenvalue weighted by molar-refractivity contribution is -0.398. The lowest BCUT2D eigenvalue weighted by Crippen LogP contribution is -2.79. The number of unbranched alkanes of at least 4 members (excludes halogenated alkanes) is 1. The van der Waals surface area contributed by atoms with Crippen molar-refractivity contribution in [2.45, 2.75) is 88.1 Å². The molecule has 10 heteroatoms. The number of nitrogens with zero attached hydrogens (tertiary/aromatic N) is 1. The van der Waals surface area contributed by atoms with Gasteiger partial charge in [-0.25, -0.2) is 4.79 Å². The Morgan fingerprint density at radius 1 is 1.23 bits per heavy atom. The molecule has 9 nitrogen and oxygen atoms in total. The van der Waals surface area contributed by atoms with Crippen LogP contribution in [0.15, 0.2) is 0 Å². The first-order chi connectivity index (χ1) is 14.2. The number of hydrogen-bond donors (Lipinski definition) is 6. The van der Waals surface area contributed by atoms with Gasteiger partial charge in [-0.1, -0.05) is 32.6 Å². The first-order valence-corrected chi connectivity index (χ1v) is 11.5. The molecule has 0 aromatic carbocycles. The van der Waals surface area contributed by atoms with E-state index >= 15 is 0 Å². The van der Waals surface area contributed by atoms with Gasteiger partial charge in [0.15, 0.2) is 11.9 Å². The van der Waals surface area contributed by atoms with Crippen molar-refractivity contribution in [3.05, 3.63) is 0 Å². The summed E-state index contributed by atoms with van der Waals surface area (Å²) < 4.78 is 5.41. The summed E-state index contributed by atoms with van der Waals surface area (Å²) in [6.45, 7) is 1.40. The number of aliphatic hydroxyl groups excluding tert-OH is 3. The molecule has 1 aliphatic carbocycles. The van der Waals surface area contributed by atoms with Gasteiger partial charge in [0, 0.05) is 25.4 Å². The number of carbonyl (C=O) groups excluding carboxylic acids is 1. The maximum Gasteiger partial charge on any atom is 0.319 e. The van der Waals surface area contributed by atoms with Gasteiger partial charge in [-0.2, -0.15) is 0 Å². The smallest absolute Gasteiger partial charge is 0.319 e. The Bertz CT molecular complexity index is 551. The van der Waals surface area contributed by atoms with Gasteiger partial charge in [-0.15, -0.1) is 11.6 Å². The van der Waals surface area contributed by atoms with Crippen LogP contribution in [0.4, 0.5) is 4.79 Å². The van der Waals surface area contributed by atoms with Crippen molar-refractivity contribution in [2.75, 3.05) is 25.6 Å². The summed E-state index contributed by atoms with van der Waals surface area (Å²) in [5, 5.41) is 56.7. The first-order valence-electron chi connectivity index (χ1n) is 11.0. The molecule has 2 fully saturated rings. The van der Waals surface area contributed by atoms with E-state index in [0.717, 1.165) is 37.0 Å². The highest BCUT2D eigenvalue weighted by atomic mass is 35.5. The lowest BCUT2D eigenvalue weighted by Gasteiger charge is -2.56. The molecular formula is C20H37ClN2O7. The number of urea groups is 1. The summed E-state index contributed by atoms with van der Waals surface area (Å²) in [6.07, 6.45) is 0.702. The molecule has 1 saturated heterocycles. The average Bonchev–Trinajstić information content (AvgIpc) is 2.76. The predicted octanol–water partition coefficient (Wildman–Crippen LogP) is 0.497. The molecule has 1 saturated carbocycles. The molecule has 0 aromatic rings. The Balaban J connectivity index is 2.41. The number of ether oxygens (including phenoxy) is 1. The summed E-state index contributed by atoms with van der Waals surface area (Å²) in [6, 6.07) is -0.710. The number of carbonyl (C=O) groups is 1. The van der Waals surface area contributed by atoms with Gasteiger partial charge in [0.25, 0.3) is 0 Å². The number of halogens is 1. The van der Waals surface area contributed by atoms with Gasteiger partial charge in [0.1, 0.15) is 12.2 Å². The van der Waals surface area contributed by atoms with Crippen molar-refractivity contribution in [3.8, 4) is 0 Å². The molecule has 1 aliphatic heterocycles. The van der Waals surface area contributed by atoms with E-state index in [2.05, 4.69) is 5.32 Å². The van der Waals surface area contributed by atoms with Crippen LogP contribution in [0.1, 0.15) is 58.3 Å². The summed E-state index contributed by atoms with van der Waals surface area (Å²) in [5.41, 5.74) is -2.55. The quantitative estimate of drug-likeness (QED) is 0.221. The number of nitrogens with one attached hydrogen (secondary N) is 1. The fraction of sp³-hybridized carbons (Fsp3) is 0.950. The van der Waals surface area contributed by atoms with E-state index in [1.54, 1.807) is 0 Å². The SMILES string of the molecule is CCCC[C@]1(O)O[C@H](CO)[C@@H](O)[C@@](O)(N(CC2CCCCC2)C(=O)NCCCl)[C@H]1O. The van der Waals surface area contributed by atoms with Crippen molar-refractivity contribution < 1.29 is 35.1 Å². The molecule has 2 amide bonds. The van der Waals surface area contributed by atoms with Crippen LogP contribution in [0.2, 0.25) is 0 Å². The topological polar surface area (TPSA) is 143 Å². The van der Waals surface area contributed by atoms with Crippen molar-refractivity contribution in [2.24, 2.45) is 5.92 Å². The van der Waals surface area contributed by atoms with E-state index in [4.69, 9.17) is 16.3 Å². The minimum absolute atomic E-state index is 0.0310. The molecular weight excluding hydrogens is 416 g/mol. The molecule has 0 spiro atoms. The van der Waals surface area contributed by atoms with Crippen LogP contribution in [-0.4, -0.2) is 91.9 Å². The zero-order chi connectivity index (χ0) is 22.4. The number of hydrogen-bond acceptors (Lipinski definition) is 7. The van der Waals surface area contributed by atoms with Gasteiger partial charge in [0.2, 0.25) is 5.72 Å².